The zero-order chi connectivity index (χ0) is 15.0. The Bertz CT molecular complexity index is 623. The van der Waals surface area contributed by atoms with Crippen molar-refractivity contribution < 1.29 is 4.52 Å². The van der Waals surface area contributed by atoms with Crippen LogP contribution in [0, 0.1) is 0 Å². The molecule has 3 rings (SSSR count). The van der Waals surface area contributed by atoms with Crippen LogP contribution in [0.5, 0.6) is 0 Å². The third-order valence-corrected chi connectivity index (χ3v) is 3.98. The normalized spacial score (nSPS) is 19.4. The Morgan fingerprint density at radius 2 is 2.14 bits per heavy atom. The fourth-order valence-corrected chi connectivity index (χ4v) is 2.70. The highest BCUT2D eigenvalue weighted by Crippen LogP contribution is 2.24. The molecule has 22 heavy (non-hydrogen) atoms. The van der Waals surface area contributed by atoms with Gasteiger partial charge < -0.3 is 9.84 Å². The van der Waals surface area contributed by atoms with Crippen LogP contribution in [-0.4, -0.2) is 51.5 Å². The molecule has 1 fully saturated rings. The van der Waals surface area contributed by atoms with Crippen LogP contribution in [0.15, 0.2) is 10.6 Å². The lowest BCUT2D eigenvalue weighted by atomic mass is 10.1. The van der Waals surface area contributed by atoms with Crippen molar-refractivity contribution in [2.75, 3.05) is 26.7 Å². The molecule has 2 aromatic heterocycles. The van der Waals surface area contributed by atoms with Gasteiger partial charge in [0.1, 0.15) is 0 Å². The molecule has 0 aromatic carbocycles. The Morgan fingerprint density at radius 3 is 2.77 bits per heavy atom. The number of aromatic nitrogens is 4. The molecule has 0 spiro atoms. The largest absolute Gasteiger partial charge is 0.332 e. The molecule has 1 aliphatic heterocycles. The Labute approximate surface area is 136 Å². The lowest BCUT2D eigenvalue weighted by Crippen LogP contribution is -2.44. The molecule has 1 saturated heterocycles. The highest BCUT2D eigenvalue weighted by molar-refractivity contribution is 5.85. The monoisotopic (exact) mass is 326 g/mol. The average molecular weight is 327 g/mol. The molecule has 0 aliphatic carbocycles. The van der Waals surface area contributed by atoms with Crippen LogP contribution in [0.2, 0.25) is 0 Å². The third kappa shape index (κ3) is 3.16. The fourth-order valence-electron chi connectivity index (χ4n) is 2.70. The van der Waals surface area contributed by atoms with E-state index in [4.69, 9.17) is 4.52 Å². The van der Waals surface area contributed by atoms with Gasteiger partial charge in [-0.15, -0.1) is 12.4 Å². The fraction of sp³-hybridized carbons (Fsp3) is 0.643. The van der Waals surface area contributed by atoms with Crippen molar-refractivity contribution in [3.8, 4) is 11.6 Å². The van der Waals surface area contributed by atoms with E-state index in [1.807, 2.05) is 17.8 Å². The topological polar surface area (TPSA) is 72.0 Å². The van der Waals surface area contributed by atoms with E-state index < -0.39 is 0 Å². The van der Waals surface area contributed by atoms with Gasteiger partial charge in [0.15, 0.2) is 11.5 Å². The maximum absolute atomic E-state index is 5.41. The Kier molecular flexibility index (Phi) is 5.20. The number of likely N-dealkylation sites (N-methyl/N-ethyl adjacent to an activating group) is 1. The summed E-state index contributed by atoms with van der Waals surface area (Å²) < 4.78 is 7.28. The summed E-state index contributed by atoms with van der Waals surface area (Å²) in [7, 11) is 4.02. The van der Waals surface area contributed by atoms with Crippen molar-refractivity contribution >= 4 is 12.4 Å². The van der Waals surface area contributed by atoms with Gasteiger partial charge in [-0.25, -0.2) is 0 Å². The maximum atomic E-state index is 5.41. The van der Waals surface area contributed by atoms with Gasteiger partial charge in [0.2, 0.25) is 0 Å². The first-order chi connectivity index (χ1) is 10.1. The molecule has 0 radical (unpaired) electrons. The Morgan fingerprint density at radius 1 is 1.36 bits per heavy atom. The Balaban J connectivity index is 0.00000176. The molecule has 1 unspecified atom stereocenters. The van der Waals surface area contributed by atoms with Crippen LogP contribution < -0.4 is 5.32 Å². The van der Waals surface area contributed by atoms with Crippen molar-refractivity contribution in [2.24, 2.45) is 7.05 Å². The van der Waals surface area contributed by atoms with E-state index in [1.165, 1.54) is 0 Å². The summed E-state index contributed by atoms with van der Waals surface area (Å²) in [6.07, 6.45) is 0. The lowest BCUT2D eigenvalue weighted by molar-refractivity contribution is 0.190. The second-order valence-corrected chi connectivity index (χ2v) is 5.89. The minimum atomic E-state index is 0. The standard InChI is InChI=1S/C14H22N6O.ClH/c1-9(2)11-7-10(17-20(11)4)14-16-13(18-21-14)12-8-15-5-6-19(12)3;/h7,9,12,15H,5-6,8H2,1-4H3;1H. The van der Waals surface area contributed by atoms with Gasteiger partial charge in [-0.2, -0.15) is 10.1 Å². The Hall–Kier alpha value is -1.44. The average Bonchev–Trinajstić information content (AvgIpc) is 3.05. The first kappa shape index (κ1) is 16.9. The molecule has 2 aromatic rings. The lowest BCUT2D eigenvalue weighted by Gasteiger charge is -2.30. The molecule has 3 heterocycles. The molecule has 7 nitrogen and oxygen atoms in total. The van der Waals surface area contributed by atoms with Crippen LogP contribution in [0.25, 0.3) is 11.6 Å². The predicted octanol–water partition coefficient (Wildman–Crippen LogP) is 1.59. The molecule has 8 heteroatoms. The van der Waals surface area contributed by atoms with E-state index in [2.05, 4.69) is 46.4 Å². The predicted molar refractivity (Wildman–Crippen MR) is 86.1 cm³/mol. The number of hydrogen-bond donors (Lipinski definition) is 1. The zero-order valence-corrected chi connectivity index (χ0v) is 14.2. The minimum Gasteiger partial charge on any atom is -0.332 e. The van der Waals surface area contributed by atoms with E-state index >= 15 is 0 Å². The first-order valence-corrected chi connectivity index (χ1v) is 7.35. The molecule has 1 atom stereocenters. The van der Waals surface area contributed by atoms with Crippen molar-refractivity contribution in [1.82, 2.24) is 30.1 Å². The van der Waals surface area contributed by atoms with Gasteiger partial charge in [-0.3, -0.25) is 9.58 Å². The SMILES string of the molecule is CC(C)c1cc(-c2nc(C3CNCCN3C)no2)nn1C.Cl. The van der Waals surface area contributed by atoms with Crippen LogP contribution >= 0.6 is 12.4 Å². The van der Waals surface area contributed by atoms with E-state index in [1.54, 1.807) is 0 Å². The van der Waals surface area contributed by atoms with Crippen molar-refractivity contribution in [3.05, 3.63) is 17.6 Å². The number of aryl methyl sites for hydroxylation is 1. The van der Waals surface area contributed by atoms with E-state index in [-0.39, 0.29) is 18.4 Å². The van der Waals surface area contributed by atoms with Gasteiger partial charge in [-0.05, 0) is 19.0 Å². The summed E-state index contributed by atoms with van der Waals surface area (Å²) in [4.78, 5) is 6.77. The van der Waals surface area contributed by atoms with Crippen LogP contribution in [0.3, 0.4) is 0 Å². The van der Waals surface area contributed by atoms with Crippen molar-refractivity contribution in [1.29, 1.82) is 0 Å². The molecule has 0 amide bonds. The summed E-state index contributed by atoms with van der Waals surface area (Å²) in [6.45, 7) is 7.10. The van der Waals surface area contributed by atoms with E-state index in [0.717, 1.165) is 36.8 Å². The van der Waals surface area contributed by atoms with E-state index in [9.17, 15) is 0 Å². The molecule has 1 N–H and O–H groups in total. The van der Waals surface area contributed by atoms with E-state index in [0.29, 0.717) is 11.8 Å². The highest BCUT2D eigenvalue weighted by Gasteiger charge is 2.26. The maximum Gasteiger partial charge on any atom is 0.278 e. The molecule has 0 saturated carbocycles. The van der Waals surface area contributed by atoms with Gasteiger partial charge in [0, 0.05) is 32.4 Å². The number of nitrogens with one attached hydrogen (secondary N) is 1. The summed E-state index contributed by atoms with van der Waals surface area (Å²) in [5.74, 6) is 1.62. The van der Waals surface area contributed by atoms with Gasteiger partial charge in [0.05, 0.1) is 6.04 Å². The number of hydrogen-bond acceptors (Lipinski definition) is 6. The number of piperazine rings is 1. The second kappa shape index (κ2) is 6.76. The second-order valence-electron chi connectivity index (χ2n) is 5.89. The molecule has 122 valence electrons. The summed E-state index contributed by atoms with van der Waals surface area (Å²) in [5.41, 5.74) is 1.90. The quantitative estimate of drug-likeness (QED) is 0.923. The molecular formula is C14H23ClN6O. The van der Waals surface area contributed by atoms with Crippen molar-refractivity contribution in [3.63, 3.8) is 0 Å². The van der Waals surface area contributed by atoms with Gasteiger partial charge in [-0.1, -0.05) is 19.0 Å². The number of nitrogens with zero attached hydrogens (tertiary/aromatic N) is 5. The highest BCUT2D eigenvalue weighted by atomic mass is 35.5. The number of halogens is 1. The summed E-state index contributed by atoms with van der Waals surface area (Å²) in [5, 5.41) is 12.0. The van der Waals surface area contributed by atoms with Gasteiger partial charge in [0.25, 0.3) is 5.89 Å². The van der Waals surface area contributed by atoms with Crippen LogP contribution in [0.4, 0.5) is 0 Å². The molecular weight excluding hydrogens is 304 g/mol. The zero-order valence-electron chi connectivity index (χ0n) is 13.4. The van der Waals surface area contributed by atoms with Crippen molar-refractivity contribution in [2.45, 2.75) is 25.8 Å². The number of rotatable bonds is 3. The van der Waals surface area contributed by atoms with Gasteiger partial charge >= 0.3 is 0 Å². The first-order valence-electron chi connectivity index (χ1n) is 7.35. The van der Waals surface area contributed by atoms with Crippen LogP contribution in [-0.2, 0) is 7.05 Å². The van der Waals surface area contributed by atoms with Crippen LogP contribution in [0.1, 0.15) is 37.3 Å². The summed E-state index contributed by atoms with van der Waals surface area (Å²) in [6, 6.07) is 2.18. The third-order valence-electron chi connectivity index (χ3n) is 3.98. The molecule has 1 aliphatic rings. The summed E-state index contributed by atoms with van der Waals surface area (Å²) >= 11 is 0. The smallest absolute Gasteiger partial charge is 0.278 e. The molecule has 0 bridgehead atoms. The minimum absolute atomic E-state index is 0.